The fraction of sp³-hybridized carbons (Fsp3) is 0.154. The predicted octanol–water partition coefficient (Wildman–Crippen LogP) is 5.05. The second-order valence-corrected chi connectivity index (χ2v) is 8.30. The van der Waals surface area contributed by atoms with Crippen LogP contribution in [0.3, 0.4) is 0 Å². The molecule has 1 amide bonds. The predicted molar refractivity (Wildman–Crippen MR) is 137 cm³/mol. The van der Waals surface area contributed by atoms with Gasteiger partial charge in [-0.15, -0.1) is 0 Å². The number of methoxy groups -OCH3 is 3. The van der Waals surface area contributed by atoms with E-state index in [0.29, 0.717) is 16.3 Å². The van der Waals surface area contributed by atoms with E-state index in [1.807, 2.05) is 0 Å². The monoisotopic (exact) mass is 523 g/mol. The maximum absolute atomic E-state index is 13.5. The summed E-state index contributed by atoms with van der Waals surface area (Å²) in [5.74, 6) is -0.0229. The number of aromatic hydroxyl groups is 1. The van der Waals surface area contributed by atoms with Gasteiger partial charge >= 0.3 is 0 Å². The van der Waals surface area contributed by atoms with Crippen molar-refractivity contribution in [1.29, 1.82) is 0 Å². The van der Waals surface area contributed by atoms with Gasteiger partial charge in [0.15, 0.2) is 11.5 Å². The van der Waals surface area contributed by atoms with Crippen molar-refractivity contribution in [2.24, 2.45) is 0 Å². The van der Waals surface area contributed by atoms with Crippen LogP contribution in [-0.2, 0) is 0 Å². The topological polar surface area (TPSA) is 133 Å². The molecule has 4 rings (SSSR count). The van der Waals surface area contributed by atoms with Gasteiger partial charge in [0.2, 0.25) is 5.75 Å². The Morgan fingerprint density at radius 2 is 1.70 bits per heavy atom. The molecule has 37 heavy (non-hydrogen) atoms. The van der Waals surface area contributed by atoms with Gasteiger partial charge in [0.1, 0.15) is 11.3 Å². The molecule has 1 aromatic heterocycles. The van der Waals surface area contributed by atoms with Gasteiger partial charge in [-0.3, -0.25) is 19.9 Å². The van der Waals surface area contributed by atoms with Gasteiger partial charge < -0.3 is 24.6 Å². The fourth-order valence-corrected chi connectivity index (χ4v) is 4.15. The number of phenolic OH excluding ortho intramolecular Hbond substituents is 1. The Balaban J connectivity index is 1.88. The van der Waals surface area contributed by atoms with Crippen molar-refractivity contribution in [2.45, 2.75) is 6.04 Å². The molecule has 0 bridgehead atoms. The molecule has 10 nitrogen and oxygen atoms in total. The molecular weight excluding hydrogens is 502 g/mol. The normalized spacial score (nSPS) is 11.6. The third-order valence-corrected chi connectivity index (χ3v) is 6.04. The molecule has 3 aromatic carbocycles. The number of hydrogen-bond donors (Lipinski definition) is 2. The highest BCUT2D eigenvalue weighted by molar-refractivity contribution is 6.30. The zero-order valence-electron chi connectivity index (χ0n) is 20.0. The van der Waals surface area contributed by atoms with E-state index in [-0.39, 0.29) is 45.0 Å². The molecule has 1 heterocycles. The van der Waals surface area contributed by atoms with E-state index in [1.165, 1.54) is 57.9 Å². The van der Waals surface area contributed by atoms with Crippen LogP contribution in [0.2, 0.25) is 5.02 Å². The SMILES string of the molecule is COc1cc(C(=O)N[C@@H](c2ccc(Cl)cc2)c2cc([N+](=O)[O-])c3cccnc3c2O)cc(OC)c1OC. The van der Waals surface area contributed by atoms with E-state index in [2.05, 4.69) is 10.3 Å². The lowest BCUT2D eigenvalue weighted by atomic mass is 9.95. The summed E-state index contributed by atoms with van der Waals surface area (Å²) in [6, 6.07) is 12.7. The number of benzene rings is 3. The number of ether oxygens (including phenoxy) is 3. The summed E-state index contributed by atoms with van der Waals surface area (Å²) in [6.07, 6.45) is 1.42. The number of hydrogen-bond acceptors (Lipinski definition) is 8. The van der Waals surface area contributed by atoms with Crippen LogP contribution in [0.5, 0.6) is 23.0 Å². The number of fused-ring (bicyclic) bond motifs is 1. The summed E-state index contributed by atoms with van der Waals surface area (Å²) in [7, 11) is 4.30. The van der Waals surface area contributed by atoms with Gasteiger partial charge in [-0.25, -0.2) is 0 Å². The van der Waals surface area contributed by atoms with Gasteiger partial charge in [0.05, 0.1) is 37.7 Å². The number of halogens is 1. The molecule has 0 spiro atoms. The highest BCUT2D eigenvalue weighted by Crippen LogP contribution is 2.41. The zero-order valence-corrected chi connectivity index (χ0v) is 20.8. The molecule has 2 N–H and O–H groups in total. The molecule has 190 valence electrons. The Morgan fingerprint density at radius 1 is 1.05 bits per heavy atom. The van der Waals surface area contributed by atoms with Gasteiger partial charge in [-0.2, -0.15) is 0 Å². The third-order valence-electron chi connectivity index (χ3n) is 5.79. The van der Waals surface area contributed by atoms with Crippen LogP contribution < -0.4 is 19.5 Å². The number of nitro benzene ring substituents is 1. The van der Waals surface area contributed by atoms with Crippen LogP contribution >= 0.6 is 11.6 Å². The number of nitro groups is 1. The standard InChI is InChI=1S/C26H22ClN3O7/c1-35-20-11-15(12-21(36-2)25(20)37-3)26(32)29-22(14-6-8-16(27)9-7-14)18-13-19(30(33)34)17-5-4-10-28-23(17)24(18)31/h4-13,22,31H,1-3H3,(H,29,32)/t22-/m0/s1. The lowest BCUT2D eigenvalue weighted by molar-refractivity contribution is -0.383. The van der Waals surface area contributed by atoms with E-state index < -0.39 is 16.9 Å². The molecule has 0 aliphatic heterocycles. The van der Waals surface area contributed by atoms with Gasteiger partial charge in [-0.05, 0) is 42.0 Å². The molecule has 4 aromatic rings. The number of aromatic nitrogens is 1. The summed E-state index contributed by atoms with van der Waals surface area (Å²) in [5.41, 5.74) is 0.539. The van der Waals surface area contributed by atoms with Crippen molar-refractivity contribution in [1.82, 2.24) is 10.3 Å². The first-order valence-corrected chi connectivity index (χ1v) is 11.3. The van der Waals surface area contributed by atoms with Crippen molar-refractivity contribution in [3.63, 3.8) is 0 Å². The van der Waals surface area contributed by atoms with E-state index >= 15 is 0 Å². The van der Waals surface area contributed by atoms with Crippen LogP contribution in [0.15, 0.2) is 60.8 Å². The first-order valence-electron chi connectivity index (χ1n) is 10.9. The average Bonchev–Trinajstić information content (AvgIpc) is 2.91. The summed E-state index contributed by atoms with van der Waals surface area (Å²) in [4.78, 5) is 28.9. The van der Waals surface area contributed by atoms with E-state index in [4.69, 9.17) is 25.8 Å². The number of carbonyl (C=O) groups is 1. The molecular formula is C26H22ClN3O7. The first kappa shape index (κ1) is 25.5. The maximum Gasteiger partial charge on any atom is 0.279 e. The molecule has 0 radical (unpaired) electrons. The minimum atomic E-state index is -1.01. The van der Waals surface area contributed by atoms with Crippen LogP contribution in [-0.4, -0.2) is 42.3 Å². The molecule has 0 unspecified atom stereocenters. The molecule has 11 heteroatoms. The Hall–Kier alpha value is -4.57. The van der Waals surface area contributed by atoms with E-state index in [9.17, 15) is 20.0 Å². The number of rotatable bonds is 8. The fourth-order valence-electron chi connectivity index (χ4n) is 4.02. The Bertz CT molecular complexity index is 1470. The smallest absolute Gasteiger partial charge is 0.279 e. The number of non-ortho nitro benzene ring substituents is 1. The molecule has 1 atom stereocenters. The Kier molecular flexibility index (Phi) is 7.30. The van der Waals surface area contributed by atoms with Crippen molar-refractivity contribution in [3.05, 3.63) is 92.6 Å². The average molecular weight is 524 g/mol. The molecule has 0 fully saturated rings. The first-order chi connectivity index (χ1) is 17.8. The van der Waals surface area contributed by atoms with Crippen LogP contribution in [0.25, 0.3) is 10.9 Å². The molecule has 0 saturated heterocycles. The number of amides is 1. The summed E-state index contributed by atoms with van der Waals surface area (Å²) < 4.78 is 16.0. The van der Waals surface area contributed by atoms with Crippen LogP contribution in [0.1, 0.15) is 27.5 Å². The highest BCUT2D eigenvalue weighted by Gasteiger charge is 2.28. The highest BCUT2D eigenvalue weighted by atomic mass is 35.5. The van der Waals surface area contributed by atoms with Gasteiger partial charge in [-0.1, -0.05) is 23.7 Å². The molecule has 0 aliphatic rings. The van der Waals surface area contributed by atoms with E-state index in [0.717, 1.165) is 0 Å². The Labute approximate surface area is 216 Å². The quantitative estimate of drug-likeness (QED) is 0.242. The number of phenols is 1. The zero-order chi connectivity index (χ0) is 26.7. The lowest BCUT2D eigenvalue weighted by Gasteiger charge is -2.22. The molecule has 0 saturated carbocycles. The largest absolute Gasteiger partial charge is 0.505 e. The van der Waals surface area contributed by atoms with Crippen LogP contribution in [0, 0.1) is 10.1 Å². The third kappa shape index (κ3) is 4.91. The minimum absolute atomic E-state index is 0.0349. The number of nitrogens with zero attached hydrogens (tertiary/aromatic N) is 2. The summed E-state index contributed by atoms with van der Waals surface area (Å²) >= 11 is 6.06. The minimum Gasteiger partial charge on any atom is -0.505 e. The second-order valence-electron chi connectivity index (χ2n) is 7.86. The summed E-state index contributed by atoms with van der Waals surface area (Å²) in [6.45, 7) is 0. The van der Waals surface area contributed by atoms with Crippen molar-refractivity contribution in [2.75, 3.05) is 21.3 Å². The lowest BCUT2D eigenvalue weighted by Crippen LogP contribution is -2.29. The second kappa shape index (κ2) is 10.6. The van der Waals surface area contributed by atoms with E-state index in [1.54, 1.807) is 24.3 Å². The van der Waals surface area contributed by atoms with Crippen molar-refractivity contribution < 1.29 is 29.0 Å². The Morgan fingerprint density at radius 3 is 2.27 bits per heavy atom. The number of carbonyl (C=O) groups excluding carboxylic acids is 1. The number of pyridine rings is 1. The van der Waals surface area contributed by atoms with Gasteiger partial charge in [0, 0.05) is 28.4 Å². The maximum atomic E-state index is 13.5. The number of nitrogens with one attached hydrogen (secondary N) is 1. The summed E-state index contributed by atoms with van der Waals surface area (Å²) in [5, 5.41) is 26.5. The molecule has 0 aliphatic carbocycles. The van der Waals surface area contributed by atoms with Crippen LogP contribution in [0.4, 0.5) is 5.69 Å². The van der Waals surface area contributed by atoms with Gasteiger partial charge in [0.25, 0.3) is 11.6 Å². The van der Waals surface area contributed by atoms with Crippen molar-refractivity contribution >= 4 is 34.1 Å². The van der Waals surface area contributed by atoms with Crippen molar-refractivity contribution in [3.8, 4) is 23.0 Å².